The first-order valence-corrected chi connectivity index (χ1v) is 3.85. The van der Waals surface area contributed by atoms with E-state index in [0.717, 1.165) is 5.56 Å². The van der Waals surface area contributed by atoms with Gasteiger partial charge in [-0.2, -0.15) is 0 Å². The second-order valence-electron chi connectivity index (χ2n) is 2.48. The standard InChI is InChI=1S/C8H7N5/c1-2-4-7(5-3-1)6-9-8-10-12-13-11-8/h1-5H,6H2. The van der Waals surface area contributed by atoms with Crippen LogP contribution < -0.4 is 0 Å². The molecule has 13 heavy (non-hydrogen) atoms. The van der Waals surface area contributed by atoms with E-state index < -0.39 is 0 Å². The van der Waals surface area contributed by atoms with E-state index in [2.05, 4.69) is 25.7 Å². The second-order valence-corrected chi connectivity index (χ2v) is 2.48. The van der Waals surface area contributed by atoms with Crippen molar-refractivity contribution in [3.63, 3.8) is 0 Å². The number of benzene rings is 1. The summed E-state index contributed by atoms with van der Waals surface area (Å²) in [5, 5.41) is 13.8. The molecule has 0 saturated carbocycles. The van der Waals surface area contributed by atoms with Gasteiger partial charge in [-0.3, -0.25) is 0 Å². The summed E-state index contributed by atoms with van der Waals surface area (Å²) in [6, 6.07) is 9.88. The Morgan fingerprint density at radius 1 is 1.00 bits per heavy atom. The molecule has 0 saturated heterocycles. The third-order valence-corrected chi connectivity index (χ3v) is 1.55. The van der Waals surface area contributed by atoms with Crippen LogP contribution in [0.15, 0.2) is 56.0 Å². The van der Waals surface area contributed by atoms with Crippen molar-refractivity contribution in [1.29, 1.82) is 0 Å². The van der Waals surface area contributed by atoms with Gasteiger partial charge in [-0.15, -0.1) is 0 Å². The van der Waals surface area contributed by atoms with Crippen LogP contribution in [0.4, 0.5) is 0 Å². The van der Waals surface area contributed by atoms with E-state index in [0.29, 0.717) is 12.5 Å². The minimum atomic E-state index is 0.337. The van der Waals surface area contributed by atoms with Gasteiger partial charge in [0.15, 0.2) is 0 Å². The van der Waals surface area contributed by atoms with Crippen LogP contribution in [0.5, 0.6) is 0 Å². The summed E-state index contributed by atoms with van der Waals surface area (Å²) in [6.45, 7) is 0.564. The lowest BCUT2D eigenvalue weighted by molar-refractivity contribution is 1.05. The Labute approximate surface area is 74.9 Å². The van der Waals surface area contributed by atoms with Crippen LogP contribution >= 0.6 is 0 Å². The normalized spacial score (nSPS) is 13.7. The van der Waals surface area contributed by atoms with Gasteiger partial charge < -0.3 is 0 Å². The third kappa shape index (κ3) is 2.02. The number of nitrogens with zero attached hydrogens (tertiary/aromatic N) is 5. The zero-order valence-electron chi connectivity index (χ0n) is 6.83. The van der Waals surface area contributed by atoms with Crippen molar-refractivity contribution in [3.05, 3.63) is 35.9 Å². The Morgan fingerprint density at radius 3 is 2.38 bits per heavy atom. The first-order chi connectivity index (χ1) is 6.45. The number of guanidine groups is 1. The van der Waals surface area contributed by atoms with Gasteiger partial charge in [0.1, 0.15) is 0 Å². The van der Waals surface area contributed by atoms with Gasteiger partial charge >= 0.3 is 0 Å². The SMILES string of the molecule is c1ccc(CN=C2N=NN=N2)cc1. The predicted octanol–water partition coefficient (Wildman–Crippen LogP) is 2.38. The van der Waals surface area contributed by atoms with E-state index in [4.69, 9.17) is 0 Å². The highest BCUT2D eigenvalue weighted by atomic mass is 15.6. The molecule has 0 spiro atoms. The molecule has 0 bridgehead atoms. The lowest BCUT2D eigenvalue weighted by Crippen LogP contribution is -1.86. The summed E-state index contributed by atoms with van der Waals surface area (Å²) in [4.78, 5) is 4.09. The molecule has 1 heterocycles. The van der Waals surface area contributed by atoms with Gasteiger partial charge in [-0.1, -0.05) is 40.6 Å². The third-order valence-electron chi connectivity index (χ3n) is 1.55. The molecule has 64 valence electrons. The summed E-state index contributed by atoms with van der Waals surface area (Å²) in [6.07, 6.45) is 0. The van der Waals surface area contributed by atoms with Crippen molar-refractivity contribution < 1.29 is 0 Å². The Hall–Kier alpha value is -1.91. The maximum absolute atomic E-state index is 4.09. The van der Waals surface area contributed by atoms with Crippen molar-refractivity contribution in [2.75, 3.05) is 0 Å². The van der Waals surface area contributed by atoms with E-state index in [9.17, 15) is 0 Å². The molecular formula is C8H7N5. The van der Waals surface area contributed by atoms with Crippen molar-refractivity contribution in [2.45, 2.75) is 6.54 Å². The molecule has 0 radical (unpaired) electrons. The minimum Gasteiger partial charge on any atom is -0.242 e. The summed E-state index contributed by atoms with van der Waals surface area (Å²) in [7, 11) is 0. The molecule has 0 N–H and O–H groups in total. The Bertz CT molecular complexity index is 351. The fourth-order valence-corrected chi connectivity index (χ4v) is 0.949. The molecule has 5 nitrogen and oxygen atoms in total. The average molecular weight is 173 g/mol. The molecule has 0 amide bonds. The highest BCUT2D eigenvalue weighted by Crippen LogP contribution is 2.03. The highest BCUT2D eigenvalue weighted by molar-refractivity contribution is 5.81. The maximum atomic E-state index is 4.09. The lowest BCUT2D eigenvalue weighted by Gasteiger charge is -1.93. The Kier molecular flexibility index (Phi) is 2.18. The van der Waals surface area contributed by atoms with E-state index >= 15 is 0 Å². The van der Waals surface area contributed by atoms with Crippen LogP contribution in [-0.2, 0) is 6.54 Å². The number of hydrogen-bond acceptors (Lipinski definition) is 3. The van der Waals surface area contributed by atoms with E-state index in [1.807, 2.05) is 30.3 Å². The van der Waals surface area contributed by atoms with Gasteiger partial charge in [-0.25, -0.2) is 4.99 Å². The molecule has 0 fully saturated rings. The average Bonchev–Trinajstić information content (AvgIpc) is 2.69. The van der Waals surface area contributed by atoms with Gasteiger partial charge in [0, 0.05) is 0 Å². The first kappa shape index (κ1) is 7.72. The fourth-order valence-electron chi connectivity index (χ4n) is 0.949. The Balaban J connectivity index is 2.04. The summed E-state index contributed by atoms with van der Waals surface area (Å²) >= 11 is 0. The molecule has 0 aromatic heterocycles. The molecule has 0 aliphatic carbocycles. The van der Waals surface area contributed by atoms with Crippen molar-refractivity contribution in [3.8, 4) is 0 Å². The number of hydrogen-bond donors (Lipinski definition) is 0. The first-order valence-electron chi connectivity index (χ1n) is 3.85. The molecule has 2 rings (SSSR count). The molecule has 1 aromatic carbocycles. The molecule has 1 aromatic rings. The van der Waals surface area contributed by atoms with Crippen LogP contribution in [0.3, 0.4) is 0 Å². The fraction of sp³-hybridized carbons (Fsp3) is 0.125. The van der Waals surface area contributed by atoms with Crippen molar-refractivity contribution in [2.24, 2.45) is 25.7 Å². The quantitative estimate of drug-likeness (QED) is 0.659. The van der Waals surface area contributed by atoms with Crippen molar-refractivity contribution >= 4 is 5.96 Å². The maximum Gasteiger partial charge on any atom is 0.287 e. The summed E-state index contributed by atoms with van der Waals surface area (Å²) < 4.78 is 0. The Morgan fingerprint density at radius 2 is 1.69 bits per heavy atom. The number of rotatable bonds is 2. The molecule has 0 atom stereocenters. The molecule has 5 heteroatoms. The zero-order chi connectivity index (χ0) is 8.93. The van der Waals surface area contributed by atoms with Crippen LogP contribution in [-0.4, -0.2) is 5.96 Å². The number of aliphatic imine (C=N–C) groups is 1. The molecular weight excluding hydrogens is 166 g/mol. The van der Waals surface area contributed by atoms with Crippen LogP contribution in [0.2, 0.25) is 0 Å². The van der Waals surface area contributed by atoms with Crippen LogP contribution in [0.1, 0.15) is 5.56 Å². The molecule has 1 aliphatic rings. The highest BCUT2D eigenvalue weighted by Gasteiger charge is 1.98. The lowest BCUT2D eigenvalue weighted by atomic mass is 10.2. The smallest absolute Gasteiger partial charge is 0.242 e. The van der Waals surface area contributed by atoms with Crippen LogP contribution in [0.25, 0.3) is 0 Å². The van der Waals surface area contributed by atoms with E-state index in [1.54, 1.807) is 0 Å². The second kappa shape index (κ2) is 3.66. The van der Waals surface area contributed by atoms with Crippen molar-refractivity contribution in [1.82, 2.24) is 0 Å². The van der Waals surface area contributed by atoms with Gasteiger partial charge in [-0.05, 0) is 16.0 Å². The van der Waals surface area contributed by atoms with Gasteiger partial charge in [0.2, 0.25) is 0 Å². The largest absolute Gasteiger partial charge is 0.287 e. The molecule has 1 aliphatic heterocycles. The monoisotopic (exact) mass is 173 g/mol. The van der Waals surface area contributed by atoms with Gasteiger partial charge in [0.25, 0.3) is 5.96 Å². The van der Waals surface area contributed by atoms with E-state index in [1.165, 1.54) is 0 Å². The minimum absolute atomic E-state index is 0.337. The predicted molar refractivity (Wildman–Crippen MR) is 47.3 cm³/mol. The topological polar surface area (TPSA) is 61.8 Å². The van der Waals surface area contributed by atoms with E-state index in [-0.39, 0.29) is 0 Å². The van der Waals surface area contributed by atoms with Gasteiger partial charge in [0.05, 0.1) is 6.54 Å². The summed E-state index contributed by atoms with van der Waals surface area (Å²) in [5.74, 6) is 0.337. The molecule has 0 unspecified atom stereocenters. The summed E-state index contributed by atoms with van der Waals surface area (Å²) in [5.41, 5.74) is 1.12. The van der Waals surface area contributed by atoms with Crippen LogP contribution in [0, 0.1) is 0 Å². The zero-order valence-corrected chi connectivity index (χ0v) is 6.83.